The highest BCUT2D eigenvalue weighted by atomic mass is 32.2. The molecule has 0 aliphatic rings. The number of anilines is 1. The van der Waals surface area contributed by atoms with Crippen LogP contribution in [-0.4, -0.2) is 33.0 Å². The number of hydrogen-bond acceptors (Lipinski definition) is 5. The first kappa shape index (κ1) is 23.9. The van der Waals surface area contributed by atoms with Gasteiger partial charge in [0.05, 0.1) is 5.75 Å². The number of carbonyl (C=O) groups is 1. The zero-order chi connectivity index (χ0) is 22.9. The fraction of sp³-hybridized carbons (Fsp3) is 0.400. The first-order chi connectivity index (χ1) is 15.5. The van der Waals surface area contributed by atoms with Gasteiger partial charge in [0.15, 0.2) is 11.0 Å². The second-order valence-corrected chi connectivity index (χ2v) is 8.89. The summed E-state index contributed by atoms with van der Waals surface area (Å²) in [6.45, 7) is 10.2. The van der Waals surface area contributed by atoms with Crippen LogP contribution in [-0.2, 0) is 24.4 Å². The third-order valence-corrected chi connectivity index (χ3v) is 6.00. The minimum absolute atomic E-state index is 0.0524. The number of carbonyl (C=O) groups excluding carboxylic acids is 1. The highest BCUT2D eigenvalue weighted by molar-refractivity contribution is 7.99. The number of thioether (sulfide) groups is 1. The molecule has 3 aromatic rings. The van der Waals surface area contributed by atoms with Crippen LogP contribution in [0.3, 0.4) is 0 Å². The summed E-state index contributed by atoms with van der Waals surface area (Å²) in [5.41, 5.74) is 2.19. The number of nitrogens with zero attached hydrogens (tertiary/aromatic N) is 4. The summed E-state index contributed by atoms with van der Waals surface area (Å²) in [5.74, 6) is 2.35. The summed E-state index contributed by atoms with van der Waals surface area (Å²) in [6, 6.07) is 17.9. The molecule has 0 spiro atoms. The Labute approximate surface area is 195 Å². The van der Waals surface area contributed by atoms with E-state index in [0.717, 1.165) is 35.4 Å². The molecule has 32 heavy (non-hydrogen) atoms. The number of rotatable bonds is 11. The molecular formula is C25H32N4O2S. The number of para-hydroxylation sites is 1. The van der Waals surface area contributed by atoms with E-state index in [1.807, 2.05) is 49.4 Å². The van der Waals surface area contributed by atoms with Crippen LogP contribution in [0.4, 0.5) is 5.69 Å². The number of benzene rings is 2. The van der Waals surface area contributed by atoms with Crippen molar-refractivity contribution in [3.8, 4) is 5.75 Å². The summed E-state index contributed by atoms with van der Waals surface area (Å²) in [5, 5.41) is 9.47. The number of hydrogen-bond donors (Lipinski definition) is 0. The maximum Gasteiger partial charge on any atom is 0.237 e. The van der Waals surface area contributed by atoms with E-state index in [9.17, 15) is 4.79 Å². The van der Waals surface area contributed by atoms with Crippen LogP contribution in [0.15, 0.2) is 59.8 Å². The van der Waals surface area contributed by atoms with Crippen molar-refractivity contribution in [1.29, 1.82) is 0 Å². The van der Waals surface area contributed by atoms with Gasteiger partial charge in [-0.15, -0.1) is 10.2 Å². The molecule has 0 unspecified atom stereocenters. The molecule has 0 aliphatic carbocycles. The smallest absolute Gasteiger partial charge is 0.237 e. The van der Waals surface area contributed by atoms with Crippen molar-refractivity contribution in [3.63, 3.8) is 0 Å². The molecular weight excluding hydrogens is 420 g/mol. The molecule has 0 saturated heterocycles. The molecule has 0 atom stereocenters. The van der Waals surface area contributed by atoms with Gasteiger partial charge in [-0.2, -0.15) is 0 Å². The minimum atomic E-state index is 0.0524. The van der Waals surface area contributed by atoms with Crippen LogP contribution in [0.1, 0.15) is 39.1 Å². The lowest BCUT2D eigenvalue weighted by Crippen LogP contribution is -2.32. The molecule has 0 bridgehead atoms. The third kappa shape index (κ3) is 6.36. The maximum absolute atomic E-state index is 12.9. The lowest BCUT2D eigenvalue weighted by atomic mass is 10.2. The molecule has 0 fully saturated rings. The Balaban J connectivity index is 1.67. The number of aromatic nitrogens is 3. The van der Waals surface area contributed by atoms with Gasteiger partial charge in [0, 0.05) is 18.8 Å². The SMILES string of the molecule is CCc1ccc(OCc2nnc(SCC(=O)N(CC)c3ccccc3)n2CC(C)C)cc1. The first-order valence-electron chi connectivity index (χ1n) is 11.1. The summed E-state index contributed by atoms with van der Waals surface area (Å²) in [6.07, 6.45) is 1.00. The normalized spacial score (nSPS) is 11.0. The van der Waals surface area contributed by atoms with Crippen LogP contribution < -0.4 is 9.64 Å². The number of ether oxygens (including phenoxy) is 1. The van der Waals surface area contributed by atoms with Crippen molar-refractivity contribution in [2.45, 2.75) is 52.4 Å². The lowest BCUT2D eigenvalue weighted by molar-refractivity contribution is -0.116. The fourth-order valence-corrected chi connectivity index (χ4v) is 4.21. The average Bonchev–Trinajstić information content (AvgIpc) is 3.18. The van der Waals surface area contributed by atoms with Gasteiger partial charge < -0.3 is 14.2 Å². The molecule has 1 aromatic heterocycles. The van der Waals surface area contributed by atoms with Crippen LogP contribution in [0, 0.1) is 5.92 Å². The Hall–Kier alpha value is -2.80. The molecule has 0 radical (unpaired) electrons. The molecule has 0 N–H and O–H groups in total. The average molecular weight is 453 g/mol. The Morgan fingerprint density at radius 3 is 2.41 bits per heavy atom. The third-order valence-electron chi connectivity index (χ3n) is 5.05. The molecule has 0 saturated carbocycles. The standard InChI is InChI=1S/C25H32N4O2S/c1-5-20-12-14-22(15-13-20)31-17-23-26-27-25(29(23)16-19(3)4)32-18-24(30)28(6-2)21-10-8-7-9-11-21/h7-15,19H,5-6,16-18H2,1-4H3. The van der Waals surface area contributed by atoms with Gasteiger partial charge in [-0.1, -0.05) is 62.9 Å². The van der Waals surface area contributed by atoms with Crippen LogP contribution in [0.25, 0.3) is 0 Å². The van der Waals surface area contributed by atoms with Gasteiger partial charge in [0.1, 0.15) is 12.4 Å². The van der Waals surface area contributed by atoms with Gasteiger partial charge in [-0.3, -0.25) is 4.79 Å². The Morgan fingerprint density at radius 2 is 1.78 bits per heavy atom. The second-order valence-electron chi connectivity index (χ2n) is 7.95. The van der Waals surface area contributed by atoms with Crippen molar-refractivity contribution in [2.75, 3.05) is 17.2 Å². The summed E-state index contributed by atoms with van der Waals surface area (Å²) in [4.78, 5) is 14.7. The summed E-state index contributed by atoms with van der Waals surface area (Å²) < 4.78 is 8.03. The first-order valence-corrected chi connectivity index (χ1v) is 12.1. The molecule has 1 heterocycles. The molecule has 3 rings (SSSR count). The second kappa shape index (κ2) is 11.7. The molecule has 6 nitrogen and oxygen atoms in total. The van der Waals surface area contributed by atoms with E-state index in [0.29, 0.717) is 24.8 Å². The van der Waals surface area contributed by atoms with Gasteiger partial charge in [-0.25, -0.2) is 0 Å². The monoisotopic (exact) mass is 452 g/mol. The predicted octanol–water partition coefficient (Wildman–Crippen LogP) is 5.22. The predicted molar refractivity (Wildman–Crippen MR) is 130 cm³/mol. The zero-order valence-corrected chi connectivity index (χ0v) is 20.1. The van der Waals surface area contributed by atoms with E-state index in [-0.39, 0.29) is 5.91 Å². The molecule has 7 heteroatoms. The van der Waals surface area contributed by atoms with Gasteiger partial charge >= 0.3 is 0 Å². The van der Waals surface area contributed by atoms with Crippen molar-refractivity contribution in [2.24, 2.45) is 5.92 Å². The maximum atomic E-state index is 12.9. The zero-order valence-electron chi connectivity index (χ0n) is 19.3. The Bertz CT molecular complexity index is 987. The fourth-order valence-electron chi connectivity index (χ4n) is 3.37. The van der Waals surface area contributed by atoms with Crippen LogP contribution >= 0.6 is 11.8 Å². The van der Waals surface area contributed by atoms with Crippen LogP contribution in [0.5, 0.6) is 5.75 Å². The summed E-state index contributed by atoms with van der Waals surface area (Å²) in [7, 11) is 0. The van der Waals surface area contributed by atoms with E-state index in [1.165, 1.54) is 17.3 Å². The van der Waals surface area contributed by atoms with E-state index in [4.69, 9.17) is 4.74 Å². The van der Waals surface area contributed by atoms with E-state index < -0.39 is 0 Å². The van der Waals surface area contributed by atoms with Gasteiger partial charge in [0.2, 0.25) is 5.91 Å². The minimum Gasteiger partial charge on any atom is -0.486 e. The summed E-state index contributed by atoms with van der Waals surface area (Å²) >= 11 is 1.43. The molecule has 0 aliphatic heterocycles. The topological polar surface area (TPSA) is 60.3 Å². The molecule has 170 valence electrons. The van der Waals surface area contributed by atoms with Crippen molar-refractivity contribution in [1.82, 2.24) is 14.8 Å². The highest BCUT2D eigenvalue weighted by Gasteiger charge is 2.19. The van der Waals surface area contributed by atoms with E-state index in [1.54, 1.807) is 4.90 Å². The van der Waals surface area contributed by atoms with E-state index >= 15 is 0 Å². The van der Waals surface area contributed by atoms with Crippen molar-refractivity contribution in [3.05, 3.63) is 66.0 Å². The van der Waals surface area contributed by atoms with Crippen LogP contribution in [0.2, 0.25) is 0 Å². The quantitative estimate of drug-likeness (QED) is 0.373. The van der Waals surface area contributed by atoms with Crippen molar-refractivity contribution < 1.29 is 9.53 Å². The van der Waals surface area contributed by atoms with E-state index in [2.05, 4.69) is 47.7 Å². The largest absolute Gasteiger partial charge is 0.486 e. The Kier molecular flexibility index (Phi) is 8.73. The van der Waals surface area contributed by atoms with Gasteiger partial charge in [-0.05, 0) is 49.1 Å². The van der Waals surface area contributed by atoms with Gasteiger partial charge in [0.25, 0.3) is 0 Å². The number of aryl methyl sites for hydroxylation is 1. The molecule has 2 aromatic carbocycles. The Morgan fingerprint density at radius 1 is 1.06 bits per heavy atom. The van der Waals surface area contributed by atoms with Crippen molar-refractivity contribution >= 4 is 23.4 Å². The highest BCUT2D eigenvalue weighted by Crippen LogP contribution is 2.22. The number of amides is 1. The lowest BCUT2D eigenvalue weighted by Gasteiger charge is -2.21. The molecule has 1 amide bonds.